The van der Waals surface area contributed by atoms with Crippen LogP contribution in [0.5, 0.6) is 11.5 Å². The zero-order valence-corrected chi connectivity index (χ0v) is 18.4. The van der Waals surface area contributed by atoms with Crippen molar-refractivity contribution in [2.24, 2.45) is 0 Å². The van der Waals surface area contributed by atoms with E-state index in [-0.39, 0.29) is 24.3 Å². The maximum absolute atomic E-state index is 13.4. The molecule has 2 aromatic heterocycles. The largest absolute Gasteiger partial charge is 0.454 e. The Morgan fingerprint density at radius 3 is 2.60 bits per heavy atom. The zero-order valence-electron chi connectivity index (χ0n) is 18.4. The van der Waals surface area contributed by atoms with E-state index in [0.29, 0.717) is 54.3 Å². The maximum atomic E-state index is 13.4. The third-order valence-electron chi connectivity index (χ3n) is 6.51. The van der Waals surface area contributed by atoms with Gasteiger partial charge in [0.05, 0.1) is 28.4 Å². The van der Waals surface area contributed by atoms with Gasteiger partial charge in [-0.25, -0.2) is 4.98 Å². The van der Waals surface area contributed by atoms with E-state index in [1.54, 1.807) is 23.2 Å². The lowest BCUT2D eigenvalue weighted by molar-refractivity contribution is -0.137. The first-order valence-electron chi connectivity index (χ1n) is 11.2. The second kappa shape index (κ2) is 8.03. The van der Waals surface area contributed by atoms with Crippen molar-refractivity contribution in [1.29, 1.82) is 0 Å². The molecule has 2 aliphatic rings. The number of amides is 1. The third-order valence-corrected chi connectivity index (χ3v) is 6.51. The maximum Gasteiger partial charge on any atom is 0.416 e. The number of rotatable bonds is 3. The molecule has 0 atom stereocenters. The number of halogens is 3. The van der Waals surface area contributed by atoms with Crippen LogP contribution in [-0.2, 0) is 6.18 Å². The number of benzene rings is 2. The first kappa shape index (κ1) is 21.5. The Kier molecular flexibility index (Phi) is 4.94. The van der Waals surface area contributed by atoms with E-state index in [9.17, 15) is 18.0 Å². The molecule has 2 aliphatic heterocycles. The molecular weight excluding hydrogens is 463 g/mol. The van der Waals surface area contributed by atoms with Gasteiger partial charge in [0.15, 0.2) is 11.5 Å². The molecule has 0 bridgehead atoms. The number of hydrogen-bond acceptors (Lipinski definition) is 5. The molecule has 8 nitrogen and oxygen atoms in total. The fourth-order valence-electron chi connectivity index (χ4n) is 4.76. The molecule has 0 spiro atoms. The molecule has 0 radical (unpaired) electrons. The van der Waals surface area contributed by atoms with Crippen LogP contribution in [0.3, 0.4) is 0 Å². The molecule has 11 heteroatoms. The van der Waals surface area contributed by atoms with Crippen molar-refractivity contribution in [3.8, 4) is 22.9 Å². The van der Waals surface area contributed by atoms with Crippen LogP contribution in [0.1, 0.15) is 34.8 Å². The van der Waals surface area contributed by atoms with E-state index in [1.165, 1.54) is 12.3 Å². The van der Waals surface area contributed by atoms with Crippen molar-refractivity contribution in [1.82, 2.24) is 24.6 Å². The average molecular weight is 483 g/mol. The fraction of sp³-hybridized carbons (Fsp3) is 0.292. The number of nitrogens with one attached hydrogen (secondary N) is 1. The first-order valence-corrected chi connectivity index (χ1v) is 11.2. The quantitative estimate of drug-likeness (QED) is 0.459. The molecule has 35 heavy (non-hydrogen) atoms. The number of piperidine rings is 1. The van der Waals surface area contributed by atoms with E-state index < -0.39 is 11.7 Å². The van der Waals surface area contributed by atoms with Crippen LogP contribution in [-0.4, -0.2) is 50.4 Å². The van der Waals surface area contributed by atoms with Crippen LogP contribution in [0.25, 0.3) is 22.4 Å². The van der Waals surface area contributed by atoms with E-state index in [0.717, 1.165) is 17.7 Å². The summed E-state index contributed by atoms with van der Waals surface area (Å²) in [5, 5.41) is 6.49. The number of hydrogen-bond donors (Lipinski definition) is 1. The fourth-order valence-corrected chi connectivity index (χ4v) is 4.76. The number of aromatic nitrogens is 4. The number of ether oxygens (including phenoxy) is 2. The van der Waals surface area contributed by atoms with Crippen molar-refractivity contribution in [2.45, 2.75) is 25.1 Å². The van der Waals surface area contributed by atoms with Gasteiger partial charge in [-0.3, -0.25) is 9.89 Å². The highest BCUT2D eigenvalue weighted by atomic mass is 19.4. The van der Waals surface area contributed by atoms with Crippen LogP contribution in [0.2, 0.25) is 0 Å². The summed E-state index contributed by atoms with van der Waals surface area (Å²) in [6.07, 6.45) is -0.140. The zero-order chi connectivity index (χ0) is 24.2. The molecule has 0 aliphatic carbocycles. The molecular formula is C24H20F3N5O3. The van der Waals surface area contributed by atoms with Gasteiger partial charge in [-0.15, -0.1) is 0 Å². The summed E-state index contributed by atoms with van der Waals surface area (Å²) in [7, 11) is 0. The Morgan fingerprint density at radius 1 is 1.06 bits per heavy atom. The highest BCUT2D eigenvalue weighted by Gasteiger charge is 2.33. The van der Waals surface area contributed by atoms with Gasteiger partial charge in [-0.2, -0.15) is 18.3 Å². The van der Waals surface area contributed by atoms with Crippen molar-refractivity contribution in [3.05, 3.63) is 59.9 Å². The smallest absolute Gasteiger partial charge is 0.416 e. The van der Waals surface area contributed by atoms with Crippen LogP contribution in [0, 0.1) is 0 Å². The van der Waals surface area contributed by atoms with E-state index in [4.69, 9.17) is 9.47 Å². The number of carbonyl (C=O) groups is 1. The highest BCUT2D eigenvalue weighted by Crippen LogP contribution is 2.40. The summed E-state index contributed by atoms with van der Waals surface area (Å²) >= 11 is 0. The second-order valence-electron chi connectivity index (χ2n) is 8.59. The lowest BCUT2D eigenvalue weighted by Gasteiger charge is -2.33. The Bertz CT molecular complexity index is 1410. The van der Waals surface area contributed by atoms with Gasteiger partial charge in [0, 0.05) is 30.9 Å². The van der Waals surface area contributed by atoms with Crippen molar-refractivity contribution in [2.75, 3.05) is 19.9 Å². The number of alkyl halides is 3. The molecule has 2 aromatic carbocycles. The Labute approximate surface area is 197 Å². The number of imidazole rings is 1. The predicted octanol–water partition coefficient (Wildman–Crippen LogP) is 4.65. The van der Waals surface area contributed by atoms with Gasteiger partial charge in [-0.1, -0.05) is 0 Å². The van der Waals surface area contributed by atoms with Gasteiger partial charge in [0.25, 0.3) is 5.91 Å². The predicted molar refractivity (Wildman–Crippen MR) is 119 cm³/mol. The molecule has 180 valence electrons. The lowest BCUT2D eigenvalue weighted by atomic mass is 10.0. The number of fused-ring (bicyclic) bond motifs is 2. The van der Waals surface area contributed by atoms with Crippen molar-refractivity contribution >= 4 is 16.9 Å². The standard InChI is InChI=1S/C24H20F3N5O3/c25-24(26,27)16-2-3-19-18(10-16)30-22(14-1-4-20-21(9-14)35-13-34-20)32(19)17-5-7-31(8-6-17)23(33)15-11-28-29-12-15/h1-4,9-12,17H,5-8,13H2,(H,28,29). The number of nitrogens with zero attached hydrogens (tertiary/aromatic N) is 4. The van der Waals surface area contributed by atoms with Gasteiger partial charge in [0.2, 0.25) is 6.79 Å². The van der Waals surface area contributed by atoms with Gasteiger partial charge < -0.3 is 18.9 Å². The van der Waals surface area contributed by atoms with Gasteiger partial charge in [-0.05, 0) is 49.2 Å². The molecule has 1 N–H and O–H groups in total. The molecule has 1 saturated heterocycles. The van der Waals surface area contributed by atoms with Gasteiger partial charge in [0.1, 0.15) is 5.82 Å². The van der Waals surface area contributed by atoms with Crippen molar-refractivity contribution in [3.63, 3.8) is 0 Å². The summed E-state index contributed by atoms with van der Waals surface area (Å²) in [5.41, 5.74) is 1.36. The van der Waals surface area contributed by atoms with Crippen LogP contribution < -0.4 is 9.47 Å². The van der Waals surface area contributed by atoms with Gasteiger partial charge >= 0.3 is 6.18 Å². The summed E-state index contributed by atoms with van der Waals surface area (Å²) in [5.74, 6) is 1.63. The first-order chi connectivity index (χ1) is 16.9. The van der Waals surface area contributed by atoms with E-state index in [1.807, 2.05) is 10.6 Å². The Balaban J connectivity index is 1.38. The number of H-pyrrole nitrogens is 1. The summed E-state index contributed by atoms with van der Waals surface area (Å²) in [6, 6.07) is 8.99. The topological polar surface area (TPSA) is 85.3 Å². The molecule has 0 unspecified atom stereocenters. The molecule has 1 amide bonds. The second-order valence-corrected chi connectivity index (χ2v) is 8.59. The normalized spacial score (nSPS) is 16.3. The molecule has 4 aromatic rings. The lowest BCUT2D eigenvalue weighted by Crippen LogP contribution is -2.39. The summed E-state index contributed by atoms with van der Waals surface area (Å²) in [6.45, 7) is 1.14. The molecule has 0 saturated carbocycles. The Hall–Kier alpha value is -4.02. The molecule has 1 fully saturated rings. The molecule has 4 heterocycles. The van der Waals surface area contributed by atoms with Crippen LogP contribution >= 0.6 is 0 Å². The number of aromatic amines is 1. The van der Waals surface area contributed by atoms with Crippen molar-refractivity contribution < 1.29 is 27.4 Å². The SMILES string of the molecule is O=C(c1cn[nH]c1)N1CCC(n2c(-c3ccc4c(c3)OCO4)nc3cc(C(F)(F)F)ccc32)CC1. The average Bonchev–Trinajstić information content (AvgIpc) is 3.62. The monoisotopic (exact) mass is 483 g/mol. The number of carbonyl (C=O) groups excluding carboxylic acids is 1. The van der Waals surface area contributed by atoms with E-state index in [2.05, 4.69) is 15.2 Å². The van der Waals surface area contributed by atoms with E-state index >= 15 is 0 Å². The molecule has 6 rings (SSSR count). The highest BCUT2D eigenvalue weighted by molar-refractivity contribution is 5.93. The minimum Gasteiger partial charge on any atom is -0.454 e. The van der Waals surface area contributed by atoms with Crippen LogP contribution in [0.4, 0.5) is 13.2 Å². The Morgan fingerprint density at radius 2 is 1.86 bits per heavy atom. The third kappa shape index (κ3) is 3.76. The van der Waals surface area contributed by atoms with Crippen LogP contribution in [0.15, 0.2) is 48.8 Å². The minimum atomic E-state index is -4.46. The minimum absolute atomic E-state index is 0.0504. The summed E-state index contributed by atoms with van der Waals surface area (Å²) < 4.78 is 53.0. The summed E-state index contributed by atoms with van der Waals surface area (Å²) in [4.78, 5) is 19.1. The number of likely N-dealkylation sites (tertiary alicyclic amines) is 1.